The molecule has 1 aromatic carbocycles. The molecule has 0 bridgehead atoms. The van der Waals surface area contributed by atoms with Crippen LogP contribution in [0.2, 0.25) is 5.02 Å². The molecule has 5 nitrogen and oxygen atoms in total. The minimum Gasteiger partial charge on any atom is -0.411 e. The van der Waals surface area contributed by atoms with E-state index in [1.165, 1.54) is 11.8 Å². The van der Waals surface area contributed by atoms with E-state index in [1.807, 2.05) is 35.0 Å². The van der Waals surface area contributed by atoms with Crippen molar-refractivity contribution >= 4 is 29.0 Å². The summed E-state index contributed by atoms with van der Waals surface area (Å²) in [4.78, 5) is 4.64. The van der Waals surface area contributed by atoms with Crippen molar-refractivity contribution in [3.05, 3.63) is 65.1 Å². The van der Waals surface area contributed by atoms with Gasteiger partial charge in [-0.2, -0.15) is 0 Å². The zero-order valence-corrected chi connectivity index (χ0v) is 14.4. The van der Waals surface area contributed by atoms with E-state index in [-0.39, 0.29) is 0 Å². The lowest BCUT2D eigenvalue weighted by Crippen LogP contribution is -1.84. The molecule has 0 saturated heterocycles. The highest BCUT2D eigenvalue weighted by molar-refractivity contribution is 7.98. The molecular weight excluding hydrogens is 344 g/mol. The summed E-state index contributed by atoms with van der Waals surface area (Å²) >= 11 is 7.36. The lowest BCUT2D eigenvalue weighted by Gasteiger charge is -1.94. The average Bonchev–Trinajstić information content (AvgIpc) is 3.21. The maximum Gasteiger partial charge on any atom is 0.277 e. The monoisotopic (exact) mass is 356 g/mol. The Labute approximate surface area is 147 Å². The number of nitrogens with zero attached hydrogens (tertiary/aromatic N) is 4. The van der Waals surface area contributed by atoms with Crippen LogP contribution in [0.25, 0.3) is 17.1 Å². The van der Waals surface area contributed by atoms with Gasteiger partial charge in [0.25, 0.3) is 5.22 Å². The summed E-state index contributed by atoms with van der Waals surface area (Å²) in [7, 11) is 0. The Balaban J connectivity index is 1.49. The van der Waals surface area contributed by atoms with E-state index in [9.17, 15) is 0 Å². The van der Waals surface area contributed by atoms with Crippen LogP contribution in [-0.4, -0.2) is 19.6 Å². The summed E-state index contributed by atoms with van der Waals surface area (Å²) in [5, 5.41) is 9.36. The summed E-state index contributed by atoms with van der Waals surface area (Å²) in [5.41, 5.74) is 3.94. The van der Waals surface area contributed by atoms with E-state index >= 15 is 0 Å². The summed E-state index contributed by atoms with van der Waals surface area (Å²) < 4.78 is 7.72. The van der Waals surface area contributed by atoms with Crippen LogP contribution in [0.1, 0.15) is 11.3 Å². The maximum absolute atomic E-state index is 5.89. The second-order valence-electron chi connectivity index (χ2n) is 5.32. The minimum atomic E-state index is 0.486. The predicted molar refractivity (Wildman–Crippen MR) is 94.2 cm³/mol. The van der Waals surface area contributed by atoms with Crippen LogP contribution in [0.15, 0.2) is 58.4 Å². The molecule has 0 unspecified atom stereocenters. The van der Waals surface area contributed by atoms with Gasteiger partial charge in [-0.1, -0.05) is 29.4 Å². The van der Waals surface area contributed by atoms with Crippen LogP contribution in [0.5, 0.6) is 0 Å². The van der Waals surface area contributed by atoms with Gasteiger partial charge in [0, 0.05) is 28.7 Å². The number of hydrogen-bond donors (Lipinski definition) is 0. The van der Waals surface area contributed by atoms with E-state index < -0.39 is 0 Å². The van der Waals surface area contributed by atoms with E-state index in [1.54, 1.807) is 12.1 Å². The molecule has 0 radical (unpaired) electrons. The van der Waals surface area contributed by atoms with Crippen LogP contribution < -0.4 is 0 Å². The van der Waals surface area contributed by atoms with Gasteiger partial charge in [0.05, 0.1) is 5.69 Å². The molecule has 0 aliphatic carbocycles. The fourth-order valence-electron chi connectivity index (χ4n) is 2.39. The highest BCUT2D eigenvalue weighted by Gasteiger charge is 2.11. The predicted octanol–water partition coefficient (Wildman–Crippen LogP) is 4.64. The van der Waals surface area contributed by atoms with Gasteiger partial charge in [-0.25, -0.2) is 4.98 Å². The Bertz CT molecular complexity index is 993. The van der Waals surface area contributed by atoms with Crippen molar-refractivity contribution in [2.45, 2.75) is 17.9 Å². The number of hydrogen-bond acceptors (Lipinski definition) is 5. The first-order chi connectivity index (χ1) is 11.7. The van der Waals surface area contributed by atoms with E-state index in [0.717, 1.165) is 22.5 Å². The van der Waals surface area contributed by atoms with E-state index in [2.05, 4.69) is 28.2 Å². The van der Waals surface area contributed by atoms with E-state index in [0.29, 0.717) is 21.9 Å². The van der Waals surface area contributed by atoms with Crippen molar-refractivity contribution in [2.75, 3.05) is 0 Å². The molecule has 24 heavy (non-hydrogen) atoms. The van der Waals surface area contributed by atoms with Gasteiger partial charge in [0.2, 0.25) is 5.89 Å². The van der Waals surface area contributed by atoms with Crippen molar-refractivity contribution in [2.24, 2.45) is 0 Å². The Hall–Kier alpha value is -2.31. The van der Waals surface area contributed by atoms with Gasteiger partial charge in [0.1, 0.15) is 5.65 Å². The van der Waals surface area contributed by atoms with Crippen LogP contribution in [0, 0.1) is 6.92 Å². The molecule has 0 N–H and O–H groups in total. The number of imidazole rings is 1. The first-order valence-corrected chi connectivity index (χ1v) is 8.71. The SMILES string of the molecule is Cc1cccn2cc(CSc3nnc(-c4ccc(Cl)cc4)o3)nc12. The van der Waals surface area contributed by atoms with Crippen molar-refractivity contribution in [3.63, 3.8) is 0 Å². The first-order valence-electron chi connectivity index (χ1n) is 7.34. The quantitative estimate of drug-likeness (QED) is 0.498. The summed E-state index contributed by atoms with van der Waals surface area (Å²) in [6.45, 7) is 2.05. The number of benzene rings is 1. The fourth-order valence-corrected chi connectivity index (χ4v) is 3.16. The van der Waals surface area contributed by atoms with Gasteiger partial charge in [0.15, 0.2) is 0 Å². The average molecular weight is 357 g/mol. The molecule has 120 valence electrons. The molecule has 4 rings (SSSR count). The summed E-state index contributed by atoms with van der Waals surface area (Å²) in [5.74, 6) is 1.16. The molecule has 3 aromatic heterocycles. The molecule has 0 fully saturated rings. The third kappa shape index (κ3) is 3.02. The number of thioether (sulfide) groups is 1. The van der Waals surface area contributed by atoms with Crippen molar-refractivity contribution in [1.82, 2.24) is 19.6 Å². The fraction of sp³-hybridized carbons (Fsp3) is 0.118. The van der Waals surface area contributed by atoms with Crippen LogP contribution in [0.4, 0.5) is 0 Å². The van der Waals surface area contributed by atoms with Gasteiger partial charge in [-0.15, -0.1) is 10.2 Å². The zero-order chi connectivity index (χ0) is 16.5. The molecule has 7 heteroatoms. The number of pyridine rings is 1. The highest BCUT2D eigenvalue weighted by atomic mass is 35.5. The smallest absolute Gasteiger partial charge is 0.277 e. The molecule has 0 spiro atoms. The Kier molecular flexibility index (Phi) is 4.00. The molecule has 0 aliphatic rings. The van der Waals surface area contributed by atoms with Crippen molar-refractivity contribution < 1.29 is 4.42 Å². The highest BCUT2D eigenvalue weighted by Crippen LogP contribution is 2.26. The lowest BCUT2D eigenvalue weighted by atomic mass is 10.2. The largest absolute Gasteiger partial charge is 0.411 e. The molecule has 0 atom stereocenters. The number of aromatic nitrogens is 4. The number of halogens is 1. The van der Waals surface area contributed by atoms with Crippen LogP contribution in [0.3, 0.4) is 0 Å². The number of fused-ring (bicyclic) bond motifs is 1. The first kappa shape index (κ1) is 15.2. The topological polar surface area (TPSA) is 56.2 Å². The van der Waals surface area contributed by atoms with Gasteiger partial charge >= 0.3 is 0 Å². The van der Waals surface area contributed by atoms with Gasteiger partial charge in [-0.3, -0.25) is 0 Å². The molecular formula is C17H13ClN4OS. The third-order valence-corrected chi connectivity index (χ3v) is 4.67. The molecule has 3 heterocycles. The Morgan fingerprint density at radius 1 is 1.17 bits per heavy atom. The van der Waals surface area contributed by atoms with Gasteiger partial charge < -0.3 is 8.82 Å². The standard InChI is InChI=1S/C17H13ClN4OS/c1-11-3-2-8-22-9-14(19-15(11)22)10-24-17-21-20-16(23-17)12-4-6-13(18)7-5-12/h2-9H,10H2,1H3. The number of rotatable bonds is 4. The van der Waals surface area contributed by atoms with Crippen LogP contribution in [-0.2, 0) is 5.75 Å². The zero-order valence-electron chi connectivity index (χ0n) is 12.8. The lowest BCUT2D eigenvalue weighted by molar-refractivity contribution is 0.466. The maximum atomic E-state index is 5.89. The normalized spacial score (nSPS) is 11.2. The van der Waals surface area contributed by atoms with Crippen molar-refractivity contribution in [1.29, 1.82) is 0 Å². The number of aryl methyl sites for hydroxylation is 1. The third-order valence-electron chi connectivity index (χ3n) is 3.57. The summed E-state index contributed by atoms with van der Waals surface area (Å²) in [6.07, 6.45) is 4.01. The Morgan fingerprint density at radius 2 is 2.00 bits per heavy atom. The second kappa shape index (κ2) is 6.30. The van der Waals surface area contributed by atoms with Gasteiger partial charge in [-0.05, 0) is 42.8 Å². The minimum absolute atomic E-state index is 0.486. The molecule has 4 aromatic rings. The Morgan fingerprint density at radius 3 is 2.79 bits per heavy atom. The molecule has 0 saturated carbocycles. The molecule has 0 amide bonds. The summed E-state index contributed by atoms with van der Waals surface area (Å²) in [6, 6.07) is 11.4. The van der Waals surface area contributed by atoms with Crippen LogP contribution >= 0.6 is 23.4 Å². The van der Waals surface area contributed by atoms with Crippen molar-refractivity contribution in [3.8, 4) is 11.5 Å². The van der Waals surface area contributed by atoms with E-state index in [4.69, 9.17) is 16.0 Å². The molecule has 0 aliphatic heterocycles. The second-order valence-corrected chi connectivity index (χ2v) is 6.69.